The molecule has 2 aromatic heterocycles. The van der Waals surface area contributed by atoms with Gasteiger partial charge in [0.1, 0.15) is 11.5 Å². The molecule has 1 atom stereocenters. The number of fused-ring (bicyclic) bond motifs is 3. The van der Waals surface area contributed by atoms with Crippen LogP contribution in [0.5, 0.6) is 11.5 Å². The predicted molar refractivity (Wildman–Crippen MR) is 122 cm³/mol. The van der Waals surface area contributed by atoms with Crippen LogP contribution in [0.2, 0.25) is 0 Å². The van der Waals surface area contributed by atoms with Crippen molar-refractivity contribution in [3.05, 3.63) is 76.2 Å². The Labute approximate surface area is 182 Å². The minimum Gasteiger partial charge on any atom is -0.497 e. The highest BCUT2D eigenvalue weighted by atomic mass is 16.5. The van der Waals surface area contributed by atoms with E-state index in [1.165, 1.54) is 22.2 Å². The summed E-state index contributed by atoms with van der Waals surface area (Å²) in [5.74, 6) is 1.77. The minimum atomic E-state index is 0.104. The molecule has 0 saturated heterocycles. The Balaban J connectivity index is 1.56. The van der Waals surface area contributed by atoms with E-state index in [4.69, 9.17) is 9.47 Å². The summed E-state index contributed by atoms with van der Waals surface area (Å²) in [5, 5.41) is 9.58. The van der Waals surface area contributed by atoms with Crippen LogP contribution in [0, 0.1) is 13.8 Å². The van der Waals surface area contributed by atoms with Gasteiger partial charge in [0.05, 0.1) is 32.5 Å². The zero-order valence-electron chi connectivity index (χ0n) is 18.5. The number of aromatic nitrogens is 3. The Morgan fingerprint density at radius 1 is 1.06 bits per heavy atom. The zero-order chi connectivity index (χ0) is 21.5. The van der Waals surface area contributed by atoms with Gasteiger partial charge >= 0.3 is 0 Å². The number of ether oxygens (including phenoxy) is 2. The van der Waals surface area contributed by atoms with Crippen LogP contribution in [0.15, 0.2) is 42.5 Å². The molecule has 0 spiro atoms. The van der Waals surface area contributed by atoms with E-state index in [0.29, 0.717) is 6.54 Å². The molecular formula is C25H28N4O2. The van der Waals surface area contributed by atoms with E-state index >= 15 is 0 Å². The first-order valence-electron chi connectivity index (χ1n) is 10.7. The Morgan fingerprint density at radius 3 is 2.68 bits per heavy atom. The molecule has 1 aliphatic rings. The van der Waals surface area contributed by atoms with E-state index in [2.05, 4.69) is 58.7 Å². The third-order valence-electron chi connectivity index (χ3n) is 6.22. The van der Waals surface area contributed by atoms with Crippen LogP contribution in [0.1, 0.15) is 39.8 Å². The Morgan fingerprint density at radius 2 is 1.94 bits per heavy atom. The Kier molecular flexibility index (Phi) is 4.94. The number of aryl methyl sites for hydroxylation is 2. The highest BCUT2D eigenvalue weighted by molar-refractivity contribution is 5.86. The second-order valence-corrected chi connectivity index (χ2v) is 8.22. The van der Waals surface area contributed by atoms with Crippen molar-refractivity contribution in [3.8, 4) is 11.5 Å². The Bertz CT molecular complexity index is 1250. The summed E-state index contributed by atoms with van der Waals surface area (Å²) < 4.78 is 13.2. The molecule has 1 aliphatic heterocycles. The third-order valence-corrected chi connectivity index (χ3v) is 6.22. The van der Waals surface area contributed by atoms with Crippen molar-refractivity contribution in [2.24, 2.45) is 0 Å². The van der Waals surface area contributed by atoms with Gasteiger partial charge in [-0.05, 0) is 67.8 Å². The van der Waals surface area contributed by atoms with Crippen LogP contribution in [0.25, 0.3) is 10.9 Å². The van der Waals surface area contributed by atoms with Crippen molar-refractivity contribution in [2.75, 3.05) is 20.8 Å². The van der Waals surface area contributed by atoms with Crippen molar-refractivity contribution < 1.29 is 9.47 Å². The third kappa shape index (κ3) is 3.47. The molecule has 0 amide bonds. The lowest BCUT2D eigenvalue weighted by atomic mass is 9.93. The van der Waals surface area contributed by atoms with Crippen LogP contribution in [0.3, 0.4) is 0 Å². The quantitative estimate of drug-likeness (QED) is 0.510. The second-order valence-electron chi connectivity index (χ2n) is 8.22. The lowest BCUT2D eigenvalue weighted by Crippen LogP contribution is -2.30. The predicted octanol–water partition coefficient (Wildman–Crippen LogP) is 4.28. The maximum atomic E-state index is 5.67. The topological polar surface area (TPSA) is 64.1 Å². The second kappa shape index (κ2) is 7.78. The summed E-state index contributed by atoms with van der Waals surface area (Å²) in [6, 6.07) is 14.9. The number of H-pyrrole nitrogens is 1. The van der Waals surface area contributed by atoms with Gasteiger partial charge in [0.2, 0.25) is 0 Å². The van der Waals surface area contributed by atoms with Crippen molar-refractivity contribution in [1.29, 1.82) is 0 Å². The summed E-state index contributed by atoms with van der Waals surface area (Å²) in [6.45, 7) is 5.72. The average Bonchev–Trinajstić information content (AvgIpc) is 3.31. The van der Waals surface area contributed by atoms with Gasteiger partial charge in [-0.25, -0.2) is 0 Å². The number of methoxy groups -OCH3 is 2. The number of rotatable bonds is 5. The molecule has 2 aromatic carbocycles. The minimum absolute atomic E-state index is 0.104. The van der Waals surface area contributed by atoms with E-state index in [9.17, 15) is 0 Å². The number of hydrogen-bond donors (Lipinski definition) is 2. The molecule has 31 heavy (non-hydrogen) atoms. The number of benzene rings is 2. The van der Waals surface area contributed by atoms with Crippen molar-refractivity contribution >= 4 is 10.9 Å². The first kappa shape index (κ1) is 19.7. The molecule has 0 bridgehead atoms. The lowest BCUT2D eigenvalue weighted by molar-refractivity contribution is 0.406. The fourth-order valence-corrected chi connectivity index (χ4v) is 4.72. The molecule has 0 radical (unpaired) electrons. The number of aromatic amines is 1. The molecule has 6 heteroatoms. The van der Waals surface area contributed by atoms with E-state index in [-0.39, 0.29) is 6.04 Å². The molecule has 6 nitrogen and oxygen atoms in total. The molecule has 4 aromatic rings. The lowest BCUT2D eigenvalue weighted by Gasteiger charge is -2.25. The van der Waals surface area contributed by atoms with Crippen molar-refractivity contribution in [1.82, 2.24) is 20.1 Å². The summed E-state index contributed by atoms with van der Waals surface area (Å²) in [6.07, 6.45) is 0.994. The van der Waals surface area contributed by atoms with Crippen LogP contribution in [-0.2, 0) is 13.0 Å². The zero-order valence-corrected chi connectivity index (χ0v) is 18.5. The van der Waals surface area contributed by atoms with Crippen molar-refractivity contribution in [2.45, 2.75) is 32.9 Å². The summed E-state index contributed by atoms with van der Waals surface area (Å²) in [7, 11) is 3.44. The van der Waals surface area contributed by atoms with E-state index in [1.807, 2.05) is 17.7 Å². The van der Waals surface area contributed by atoms with Gasteiger partial charge in [-0.1, -0.05) is 6.07 Å². The van der Waals surface area contributed by atoms with Gasteiger partial charge in [0, 0.05) is 34.4 Å². The molecule has 0 saturated carbocycles. The summed E-state index contributed by atoms with van der Waals surface area (Å²) >= 11 is 0. The van der Waals surface area contributed by atoms with E-state index < -0.39 is 0 Å². The summed E-state index contributed by atoms with van der Waals surface area (Å²) in [5.41, 5.74) is 8.27. The number of hydrogen-bond acceptors (Lipinski definition) is 4. The highest BCUT2D eigenvalue weighted by Crippen LogP contribution is 2.36. The monoisotopic (exact) mass is 416 g/mol. The van der Waals surface area contributed by atoms with E-state index in [0.717, 1.165) is 46.9 Å². The Hall–Kier alpha value is -3.25. The van der Waals surface area contributed by atoms with Gasteiger partial charge in [-0.2, -0.15) is 5.10 Å². The van der Waals surface area contributed by atoms with Crippen LogP contribution < -0.4 is 14.8 Å². The first-order chi connectivity index (χ1) is 15.1. The molecule has 0 aliphatic carbocycles. The maximum absolute atomic E-state index is 5.67. The molecule has 0 unspecified atom stereocenters. The van der Waals surface area contributed by atoms with Gasteiger partial charge < -0.3 is 19.8 Å². The molecule has 160 valence electrons. The largest absolute Gasteiger partial charge is 0.497 e. The fourth-order valence-electron chi connectivity index (χ4n) is 4.72. The molecule has 3 heterocycles. The van der Waals surface area contributed by atoms with Crippen LogP contribution >= 0.6 is 0 Å². The number of nitrogens with zero attached hydrogens (tertiary/aromatic N) is 2. The SMILES string of the molecule is COc1ccc2[nH]c3c(c2c1)CCN[C@@H]3c1ccc(OC)c(Cn2nc(C)cc2C)c1. The first-order valence-corrected chi connectivity index (χ1v) is 10.7. The average molecular weight is 417 g/mol. The molecule has 0 fully saturated rings. The summed E-state index contributed by atoms with van der Waals surface area (Å²) in [4.78, 5) is 3.66. The standard InChI is InChI=1S/C25H28N4O2/c1-15-11-16(2)29(28-15)14-18-12-17(5-8-23(18)31-4)24-25-20(9-10-26-24)21-13-19(30-3)6-7-22(21)27-25/h5-8,11-13,24,26-27H,9-10,14H2,1-4H3/t24-/m1/s1. The van der Waals surface area contributed by atoms with E-state index in [1.54, 1.807) is 14.2 Å². The molecule has 2 N–H and O–H groups in total. The van der Waals surface area contributed by atoms with Crippen LogP contribution in [0.4, 0.5) is 0 Å². The molecule has 5 rings (SSSR count). The highest BCUT2D eigenvalue weighted by Gasteiger charge is 2.26. The van der Waals surface area contributed by atoms with Gasteiger partial charge in [-0.15, -0.1) is 0 Å². The number of nitrogens with one attached hydrogen (secondary N) is 2. The normalized spacial score (nSPS) is 15.8. The van der Waals surface area contributed by atoms with Gasteiger partial charge in [0.25, 0.3) is 0 Å². The smallest absolute Gasteiger partial charge is 0.123 e. The van der Waals surface area contributed by atoms with Gasteiger partial charge in [0.15, 0.2) is 0 Å². The van der Waals surface area contributed by atoms with Crippen LogP contribution in [-0.4, -0.2) is 35.5 Å². The van der Waals surface area contributed by atoms with Gasteiger partial charge in [-0.3, -0.25) is 4.68 Å². The van der Waals surface area contributed by atoms with Crippen molar-refractivity contribution in [3.63, 3.8) is 0 Å². The maximum Gasteiger partial charge on any atom is 0.123 e. The molecular weight excluding hydrogens is 388 g/mol. The fraction of sp³-hybridized carbons (Fsp3) is 0.320.